The molecule has 3 atom stereocenters. The van der Waals surface area contributed by atoms with Crippen LogP contribution in [-0.2, 0) is 11.8 Å². The van der Waals surface area contributed by atoms with E-state index >= 15 is 0 Å². The van der Waals surface area contributed by atoms with E-state index in [1.165, 1.54) is 42.5 Å². The van der Waals surface area contributed by atoms with E-state index in [2.05, 4.69) is 60.9 Å². The van der Waals surface area contributed by atoms with Gasteiger partial charge in [-0.2, -0.15) is 0 Å². The summed E-state index contributed by atoms with van der Waals surface area (Å²) < 4.78 is 9.77. The van der Waals surface area contributed by atoms with Gasteiger partial charge in [0.05, 0.1) is 12.7 Å². The summed E-state index contributed by atoms with van der Waals surface area (Å²) in [5.41, 5.74) is 4.75. The van der Waals surface area contributed by atoms with Gasteiger partial charge < -0.3 is 19.9 Å². The van der Waals surface area contributed by atoms with Gasteiger partial charge in [-0.25, -0.2) is 9.78 Å². The molecule has 7 heteroatoms. The summed E-state index contributed by atoms with van der Waals surface area (Å²) in [6.45, 7) is 9.78. The Kier molecular flexibility index (Phi) is 6.80. The Labute approximate surface area is 207 Å². The van der Waals surface area contributed by atoms with Crippen LogP contribution >= 0.6 is 0 Å². The van der Waals surface area contributed by atoms with Crippen LogP contribution in [0.4, 0.5) is 4.79 Å². The van der Waals surface area contributed by atoms with E-state index in [4.69, 9.17) is 9.84 Å². The highest BCUT2D eigenvalue weighted by molar-refractivity contribution is 5.94. The van der Waals surface area contributed by atoms with E-state index in [1.54, 1.807) is 0 Å². The molecule has 1 aromatic carbocycles. The van der Waals surface area contributed by atoms with Crippen LogP contribution in [0.15, 0.2) is 30.5 Å². The third kappa shape index (κ3) is 4.73. The van der Waals surface area contributed by atoms with E-state index in [1.807, 2.05) is 0 Å². The molecule has 0 radical (unpaired) electrons. The molecule has 188 valence electrons. The van der Waals surface area contributed by atoms with Crippen molar-refractivity contribution < 1.29 is 24.2 Å². The molecular weight excluding hydrogens is 444 g/mol. The van der Waals surface area contributed by atoms with Gasteiger partial charge in [-0.3, -0.25) is 4.79 Å². The van der Waals surface area contributed by atoms with E-state index in [0.717, 1.165) is 25.7 Å². The molecule has 0 unspecified atom stereocenters. The second-order valence-electron chi connectivity index (χ2n) is 10.9. The zero-order valence-corrected chi connectivity index (χ0v) is 21.3. The Balaban J connectivity index is 1.52. The maximum absolute atomic E-state index is 13.0. The number of aromatic nitrogens is 1. The first kappa shape index (κ1) is 25.0. The lowest BCUT2D eigenvalue weighted by molar-refractivity contribution is 0.0254. The first-order chi connectivity index (χ1) is 16.6. The largest absolute Gasteiger partial charge is 0.512 e. The normalized spacial score (nSPS) is 25.4. The average Bonchev–Trinajstić information content (AvgIpc) is 2.82. The molecule has 35 heavy (non-hydrogen) atoms. The Morgan fingerprint density at radius 3 is 2.69 bits per heavy atom. The number of nitrogens with one attached hydrogen (secondary N) is 1. The number of pyridine rings is 1. The predicted octanol–water partition coefficient (Wildman–Crippen LogP) is 5.71. The summed E-state index contributed by atoms with van der Waals surface area (Å²) in [6, 6.07) is 8.52. The zero-order chi connectivity index (χ0) is 25.4. The van der Waals surface area contributed by atoms with E-state index < -0.39 is 6.16 Å². The van der Waals surface area contributed by atoms with Crippen molar-refractivity contribution in [3.8, 4) is 11.6 Å². The van der Waals surface area contributed by atoms with Gasteiger partial charge in [0.1, 0.15) is 0 Å². The quantitative estimate of drug-likeness (QED) is 0.514. The number of carboxylic acid groups (broad SMARTS) is 1. The van der Waals surface area contributed by atoms with Gasteiger partial charge in [0.2, 0.25) is 0 Å². The predicted molar refractivity (Wildman–Crippen MR) is 133 cm³/mol. The maximum Gasteiger partial charge on any atom is 0.512 e. The second-order valence-corrected chi connectivity index (χ2v) is 10.9. The molecule has 0 spiro atoms. The smallest absolute Gasteiger partial charge is 0.491 e. The van der Waals surface area contributed by atoms with Crippen molar-refractivity contribution in [2.24, 2.45) is 11.3 Å². The Morgan fingerprint density at radius 2 is 2.00 bits per heavy atom. The number of fused-ring (bicyclic) bond motifs is 3. The lowest BCUT2D eigenvalue weighted by Gasteiger charge is -2.55. The van der Waals surface area contributed by atoms with Crippen LogP contribution in [0, 0.1) is 11.3 Å². The molecule has 0 saturated heterocycles. The van der Waals surface area contributed by atoms with Gasteiger partial charge in [0.25, 0.3) is 11.8 Å². The minimum Gasteiger partial charge on any atom is -0.491 e. The first-order valence-electron chi connectivity index (χ1n) is 12.4. The minimum atomic E-state index is -1.49. The molecule has 1 heterocycles. The van der Waals surface area contributed by atoms with Crippen molar-refractivity contribution in [1.82, 2.24) is 10.3 Å². The fourth-order valence-corrected chi connectivity index (χ4v) is 6.46. The molecule has 1 amide bonds. The van der Waals surface area contributed by atoms with Gasteiger partial charge >= 0.3 is 6.16 Å². The van der Waals surface area contributed by atoms with Crippen molar-refractivity contribution in [2.45, 2.75) is 71.1 Å². The summed E-state index contributed by atoms with van der Waals surface area (Å²) in [5.74, 6) is 0.647. The van der Waals surface area contributed by atoms with Crippen LogP contribution in [0.2, 0.25) is 0 Å². The van der Waals surface area contributed by atoms with Crippen LogP contribution in [0.25, 0.3) is 0 Å². The topological polar surface area (TPSA) is 97.8 Å². The number of hydrogen-bond donors (Lipinski definition) is 2. The van der Waals surface area contributed by atoms with Crippen molar-refractivity contribution in [1.29, 1.82) is 0 Å². The summed E-state index contributed by atoms with van der Waals surface area (Å²) in [7, 11) is 1.38. The van der Waals surface area contributed by atoms with Crippen molar-refractivity contribution in [3.05, 3.63) is 52.7 Å². The third-order valence-electron chi connectivity index (χ3n) is 8.31. The molecule has 0 bridgehead atoms. The first-order valence-corrected chi connectivity index (χ1v) is 12.4. The molecule has 1 fully saturated rings. The van der Waals surface area contributed by atoms with Gasteiger partial charge in [0.15, 0.2) is 5.75 Å². The van der Waals surface area contributed by atoms with E-state index in [0.29, 0.717) is 23.9 Å². The van der Waals surface area contributed by atoms with Gasteiger partial charge in [-0.05, 0) is 65.0 Å². The second kappa shape index (κ2) is 9.51. The number of carbonyl (C=O) groups is 2. The summed E-state index contributed by atoms with van der Waals surface area (Å²) in [4.78, 5) is 27.8. The Hall–Kier alpha value is -3.09. The van der Waals surface area contributed by atoms with Crippen molar-refractivity contribution in [3.63, 3.8) is 0 Å². The van der Waals surface area contributed by atoms with Crippen molar-refractivity contribution in [2.75, 3.05) is 13.7 Å². The molecule has 7 nitrogen and oxygen atoms in total. The molecule has 2 N–H and O–H groups in total. The fraction of sp³-hybridized carbons (Fsp3) is 0.536. The summed E-state index contributed by atoms with van der Waals surface area (Å²) in [6.07, 6.45) is 5.38. The number of rotatable bonds is 6. The lowest BCUT2D eigenvalue weighted by Crippen LogP contribution is -2.53. The summed E-state index contributed by atoms with van der Waals surface area (Å²) >= 11 is 0. The van der Waals surface area contributed by atoms with E-state index in [-0.39, 0.29) is 28.4 Å². The number of methoxy groups -OCH3 is 1. The number of carbonyl (C=O) groups excluding carboxylic acids is 1. The number of aryl methyl sites for hydroxylation is 1. The molecule has 4 rings (SSSR count). The highest BCUT2D eigenvalue weighted by atomic mass is 16.7. The molecule has 0 aliphatic heterocycles. The highest BCUT2D eigenvalue weighted by Gasteiger charge is 2.51. The monoisotopic (exact) mass is 480 g/mol. The van der Waals surface area contributed by atoms with Gasteiger partial charge in [0, 0.05) is 18.8 Å². The van der Waals surface area contributed by atoms with Crippen LogP contribution in [0.3, 0.4) is 0 Å². The Morgan fingerprint density at radius 1 is 1.23 bits per heavy atom. The molecule has 2 aliphatic carbocycles. The van der Waals surface area contributed by atoms with Crippen molar-refractivity contribution >= 4 is 12.1 Å². The van der Waals surface area contributed by atoms with Crippen LogP contribution in [0.5, 0.6) is 11.6 Å². The number of amides is 1. The molecule has 2 aliphatic rings. The number of hydrogen-bond acceptors (Lipinski definition) is 5. The molecular formula is C28H36N2O5. The third-order valence-corrected chi connectivity index (χ3v) is 8.31. The van der Waals surface area contributed by atoms with Crippen LogP contribution < -0.4 is 14.8 Å². The van der Waals surface area contributed by atoms with E-state index in [9.17, 15) is 9.59 Å². The maximum atomic E-state index is 13.0. The minimum absolute atomic E-state index is 0.0268. The lowest BCUT2D eigenvalue weighted by atomic mass is 9.49. The molecule has 1 saturated carbocycles. The van der Waals surface area contributed by atoms with Crippen LogP contribution in [0.1, 0.15) is 86.3 Å². The standard InChI is InChI=1S/C28H36N2O5/c1-17(2)18-7-9-21-19(13-18)8-10-23-27(3,11-6-12-28(21,23)4)16-30-24(31)20-14-22(34-5)25(29-15-20)35-26(32)33/h7,9,13-15,17,23H,6,8,10-12,16H2,1-5H3,(H,30,31)(H,32,33)/t23-,27+,28+/m0/s1. The van der Waals surface area contributed by atoms with Crippen LogP contribution in [-0.4, -0.2) is 35.8 Å². The molecule has 1 aromatic heterocycles. The highest BCUT2D eigenvalue weighted by Crippen LogP contribution is 2.57. The van der Waals surface area contributed by atoms with Gasteiger partial charge in [-0.1, -0.05) is 52.3 Å². The number of benzene rings is 1. The SMILES string of the molecule is COc1cc(C(=O)NC[C@@]2(C)CCC[C@]3(C)c4ccc(C(C)C)cc4CC[C@@H]23)cnc1OC(=O)O. The fourth-order valence-electron chi connectivity index (χ4n) is 6.46. The summed E-state index contributed by atoms with van der Waals surface area (Å²) in [5, 5.41) is 12.0. The zero-order valence-electron chi connectivity index (χ0n) is 21.3. The number of ether oxygens (including phenoxy) is 2. The van der Waals surface area contributed by atoms with Gasteiger partial charge in [-0.15, -0.1) is 0 Å². The molecule has 2 aromatic rings. The average molecular weight is 481 g/mol. The Bertz CT molecular complexity index is 1130. The number of nitrogens with zero attached hydrogens (tertiary/aromatic N) is 1.